The van der Waals surface area contributed by atoms with E-state index in [1.54, 1.807) is 7.11 Å². The number of ether oxygens (including phenoxy) is 1. The molecule has 0 amide bonds. The number of hydrogen-bond donors (Lipinski definition) is 1. The van der Waals surface area contributed by atoms with E-state index in [0.29, 0.717) is 12.0 Å². The van der Waals surface area contributed by atoms with Gasteiger partial charge in [-0.2, -0.15) is 0 Å². The minimum Gasteiger partial charge on any atom is -0.385 e. The van der Waals surface area contributed by atoms with Crippen molar-refractivity contribution in [1.29, 1.82) is 0 Å². The molecule has 0 aliphatic heterocycles. The summed E-state index contributed by atoms with van der Waals surface area (Å²) in [6, 6.07) is 6.51. The Bertz CT molecular complexity index is 277. The van der Waals surface area contributed by atoms with Gasteiger partial charge in [0.25, 0.3) is 0 Å². The number of nitrogens with zero attached hydrogens (tertiary/aromatic N) is 1. The molecule has 90 valence electrons. The molecule has 0 bridgehead atoms. The quantitative estimate of drug-likeness (QED) is 0.768. The fourth-order valence-electron chi connectivity index (χ4n) is 1.89. The third-order valence-corrected chi connectivity index (χ3v) is 2.86. The van der Waals surface area contributed by atoms with Gasteiger partial charge in [-0.3, -0.25) is 4.98 Å². The van der Waals surface area contributed by atoms with Crippen molar-refractivity contribution in [3.05, 3.63) is 30.1 Å². The largest absolute Gasteiger partial charge is 0.385 e. The molecule has 1 N–H and O–H groups in total. The van der Waals surface area contributed by atoms with E-state index in [1.165, 1.54) is 0 Å². The summed E-state index contributed by atoms with van der Waals surface area (Å²) in [7, 11) is 1.74. The molecule has 0 radical (unpaired) electrons. The summed E-state index contributed by atoms with van der Waals surface area (Å²) >= 11 is 0. The Morgan fingerprint density at radius 2 is 2.25 bits per heavy atom. The summed E-state index contributed by atoms with van der Waals surface area (Å²) in [6.45, 7) is 6.11. The Labute approximate surface area is 98.2 Å². The van der Waals surface area contributed by atoms with Gasteiger partial charge < -0.3 is 10.1 Å². The zero-order valence-electron chi connectivity index (χ0n) is 10.4. The van der Waals surface area contributed by atoms with Gasteiger partial charge in [0.1, 0.15) is 0 Å². The number of hydrogen-bond acceptors (Lipinski definition) is 3. The maximum absolute atomic E-state index is 5.14. The third-order valence-electron chi connectivity index (χ3n) is 2.86. The van der Waals surface area contributed by atoms with Gasteiger partial charge in [0.15, 0.2) is 0 Å². The van der Waals surface area contributed by atoms with Crippen molar-refractivity contribution < 1.29 is 4.74 Å². The fourth-order valence-corrected chi connectivity index (χ4v) is 1.89. The molecule has 3 nitrogen and oxygen atoms in total. The van der Waals surface area contributed by atoms with Gasteiger partial charge in [-0.25, -0.2) is 0 Å². The first-order valence-electron chi connectivity index (χ1n) is 5.92. The van der Waals surface area contributed by atoms with Crippen molar-refractivity contribution in [2.75, 3.05) is 20.3 Å². The molecule has 2 unspecified atom stereocenters. The number of aromatic nitrogens is 1. The normalized spacial score (nSPS) is 14.7. The maximum atomic E-state index is 5.14. The number of pyridine rings is 1. The van der Waals surface area contributed by atoms with Gasteiger partial charge in [0.05, 0.1) is 0 Å². The van der Waals surface area contributed by atoms with Gasteiger partial charge >= 0.3 is 0 Å². The summed E-state index contributed by atoms with van der Waals surface area (Å²) < 4.78 is 5.14. The second kappa shape index (κ2) is 7.36. The minimum atomic E-state index is 0.413. The van der Waals surface area contributed by atoms with E-state index in [4.69, 9.17) is 4.74 Å². The molecule has 3 heteroatoms. The van der Waals surface area contributed by atoms with Crippen molar-refractivity contribution in [2.45, 2.75) is 32.2 Å². The van der Waals surface area contributed by atoms with E-state index in [9.17, 15) is 0 Å². The standard InChI is InChI=1S/C13H22N2O/c1-4-14-13(8-10-16-3)11(2)12-7-5-6-9-15-12/h5-7,9,11,13-14H,4,8,10H2,1-3H3. The number of likely N-dealkylation sites (N-methyl/N-ethyl adjacent to an activating group) is 1. The molecule has 1 rings (SSSR count). The van der Waals surface area contributed by atoms with E-state index in [1.807, 2.05) is 18.3 Å². The molecule has 1 heterocycles. The predicted molar refractivity (Wildman–Crippen MR) is 66.6 cm³/mol. The van der Waals surface area contributed by atoms with Crippen LogP contribution in [-0.2, 0) is 4.74 Å². The third kappa shape index (κ3) is 3.91. The lowest BCUT2D eigenvalue weighted by Gasteiger charge is -2.24. The van der Waals surface area contributed by atoms with E-state index in [2.05, 4.69) is 30.2 Å². The molecular formula is C13H22N2O. The van der Waals surface area contributed by atoms with Gasteiger partial charge in [0, 0.05) is 37.6 Å². The van der Waals surface area contributed by atoms with Crippen LogP contribution in [0.15, 0.2) is 24.4 Å². The lowest BCUT2D eigenvalue weighted by Crippen LogP contribution is -2.35. The molecule has 0 aliphatic carbocycles. The molecule has 0 fully saturated rings. The Hall–Kier alpha value is -0.930. The molecule has 0 aromatic carbocycles. The first-order valence-corrected chi connectivity index (χ1v) is 5.92. The first-order chi connectivity index (χ1) is 7.79. The molecule has 0 saturated heterocycles. The second-order valence-electron chi connectivity index (χ2n) is 3.99. The van der Waals surface area contributed by atoms with Crippen molar-refractivity contribution in [2.24, 2.45) is 0 Å². The first kappa shape index (κ1) is 13.1. The van der Waals surface area contributed by atoms with Gasteiger partial charge in [-0.05, 0) is 25.1 Å². The fraction of sp³-hybridized carbons (Fsp3) is 0.615. The van der Waals surface area contributed by atoms with E-state index < -0.39 is 0 Å². The van der Waals surface area contributed by atoms with Crippen molar-refractivity contribution >= 4 is 0 Å². The summed E-state index contributed by atoms with van der Waals surface area (Å²) in [5.41, 5.74) is 1.14. The Balaban J connectivity index is 2.62. The number of methoxy groups -OCH3 is 1. The van der Waals surface area contributed by atoms with E-state index in [0.717, 1.165) is 25.3 Å². The Kier molecular flexibility index (Phi) is 6.04. The number of nitrogens with one attached hydrogen (secondary N) is 1. The summed E-state index contributed by atoms with van der Waals surface area (Å²) in [6.07, 6.45) is 2.87. The van der Waals surface area contributed by atoms with E-state index in [-0.39, 0.29) is 0 Å². The van der Waals surface area contributed by atoms with Crippen LogP contribution in [0.1, 0.15) is 31.9 Å². The molecule has 0 spiro atoms. The SMILES string of the molecule is CCNC(CCOC)C(C)c1ccccn1. The minimum absolute atomic E-state index is 0.413. The van der Waals surface area contributed by atoms with Gasteiger partial charge in [0.2, 0.25) is 0 Å². The van der Waals surface area contributed by atoms with Crippen molar-refractivity contribution in [3.63, 3.8) is 0 Å². The van der Waals surface area contributed by atoms with Crippen LogP contribution < -0.4 is 5.32 Å². The molecule has 0 saturated carbocycles. The average molecular weight is 222 g/mol. The summed E-state index contributed by atoms with van der Waals surface area (Å²) in [5, 5.41) is 3.50. The van der Waals surface area contributed by atoms with Crippen LogP contribution in [0, 0.1) is 0 Å². The van der Waals surface area contributed by atoms with Crippen LogP contribution in [0.2, 0.25) is 0 Å². The lowest BCUT2D eigenvalue weighted by molar-refractivity contribution is 0.178. The second-order valence-corrected chi connectivity index (χ2v) is 3.99. The molecule has 1 aromatic heterocycles. The summed E-state index contributed by atoms with van der Waals surface area (Å²) in [4.78, 5) is 4.41. The topological polar surface area (TPSA) is 34.1 Å². The average Bonchev–Trinajstić information content (AvgIpc) is 2.35. The maximum Gasteiger partial charge on any atom is 0.0477 e. The Morgan fingerprint density at radius 1 is 1.44 bits per heavy atom. The smallest absolute Gasteiger partial charge is 0.0477 e. The molecular weight excluding hydrogens is 200 g/mol. The van der Waals surface area contributed by atoms with Gasteiger partial charge in [-0.15, -0.1) is 0 Å². The number of rotatable bonds is 7. The zero-order chi connectivity index (χ0) is 11.8. The van der Waals surface area contributed by atoms with Crippen LogP contribution >= 0.6 is 0 Å². The van der Waals surface area contributed by atoms with Crippen LogP contribution in [0.3, 0.4) is 0 Å². The zero-order valence-corrected chi connectivity index (χ0v) is 10.4. The summed E-state index contributed by atoms with van der Waals surface area (Å²) in [5.74, 6) is 0.413. The molecule has 16 heavy (non-hydrogen) atoms. The molecule has 0 aliphatic rings. The van der Waals surface area contributed by atoms with Crippen LogP contribution in [0.25, 0.3) is 0 Å². The van der Waals surface area contributed by atoms with E-state index >= 15 is 0 Å². The van der Waals surface area contributed by atoms with Crippen LogP contribution in [-0.4, -0.2) is 31.3 Å². The highest BCUT2D eigenvalue weighted by Crippen LogP contribution is 2.18. The van der Waals surface area contributed by atoms with Crippen molar-refractivity contribution in [3.8, 4) is 0 Å². The van der Waals surface area contributed by atoms with Crippen LogP contribution in [0.4, 0.5) is 0 Å². The molecule has 1 aromatic rings. The van der Waals surface area contributed by atoms with Crippen LogP contribution in [0.5, 0.6) is 0 Å². The lowest BCUT2D eigenvalue weighted by atomic mass is 9.95. The highest BCUT2D eigenvalue weighted by molar-refractivity contribution is 5.11. The highest BCUT2D eigenvalue weighted by Gasteiger charge is 2.18. The molecule has 2 atom stereocenters. The Morgan fingerprint density at radius 3 is 2.81 bits per heavy atom. The van der Waals surface area contributed by atoms with Gasteiger partial charge in [-0.1, -0.05) is 19.9 Å². The highest BCUT2D eigenvalue weighted by atomic mass is 16.5. The predicted octanol–water partition coefficient (Wildman–Crippen LogP) is 2.20. The van der Waals surface area contributed by atoms with Crippen molar-refractivity contribution in [1.82, 2.24) is 10.3 Å². The monoisotopic (exact) mass is 222 g/mol.